The van der Waals surface area contributed by atoms with Gasteiger partial charge in [-0.05, 0) is 120 Å². The number of aromatic nitrogens is 4. The van der Waals surface area contributed by atoms with Gasteiger partial charge in [0.1, 0.15) is 24.4 Å². The lowest BCUT2D eigenvalue weighted by Gasteiger charge is -2.48. The lowest BCUT2D eigenvalue weighted by atomic mass is 9.55. The Bertz CT molecular complexity index is 4480. The van der Waals surface area contributed by atoms with Crippen LogP contribution in [0.4, 0.5) is 4.79 Å². The van der Waals surface area contributed by atoms with Crippen molar-refractivity contribution < 1.29 is 86.1 Å². The van der Waals surface area contributed by atoms with E-state index in [2.05, 4.69) is 50.9 Å². The first-order valence-corrected chi connectivity index (χ1v) is 44.1. The van der Waals surface area contributed by atoms with Crippen molar-refractivity contribution in [1.82, 2.24) is 40.4 Å². The molecule has 0 saturated carbocycles. The number of amides is 8. The standard InChI is InChI=1S/C78H117N16O18PSi/c1-41-29-52-54(30-42(41)2)94(40-87-52)71-66(103)67(55(38-95)110-71)112-113(106,107)111-43(3)36-85-63(102)23-24-75(8)50(32-59(81)98)70-78(11)77(10,35-61(83)100)49(19-22-62(101)84-25-16-26-93-37-46(86-39-93)31-53(72(104)108-12)89-73(105)109-27-28-114(13,14)15)65(92-78)45(5)69-76(9,34-60(82)99)47(17-20-57(79)96)51(88-69)33-56-74(6,7)48(18-21-58(80)97)64(90-56)44(4)68(75)91-70/h29-30,33,37,39-40,43,47-50,53,55,66-67,70-71,88,95,103H,16-28,31-32,34-36,38H2,1-15H3,(H2,79,96)(H2,80,97)(H2,81,98)(H2,82,99)(H2,83,100)(H,84,101)(H,85,102)(H,89,105)(H,106,107)/b51-33-,64-44-,69-45-/t43-,47-,48-,49-,50+,53+,55-,66-,67-,70-,71+,75-,76+,77+,78+/m1/s1. The largest absolute Gasteiger partial charge is 0.472 e. The number of nitrogens with two attached hydrogens (primary N) is 5. The van der Waals surface area contributed by atoms with E-state index in [1.54, 1.807) is 21.7 Å². The molecule has 9 rings (SSSR count). The number of allylic oxidation sites excluding steroid dienone is 6. The minimum absolute atomic E-state index is 0.0121. The molecule has 8 heterocycles. The molecule has 2 aromatic heterocycles. The van der Waals surface area contributed by atoms with Gasteiger partial charge in [0.05, 0.1) is 67.4 Å². The van der Waals surface area contributed by atoms with Crippen LogP contribution in [0.25, 0.3) is 11.0 Å². The second kappa shape index (κ2) is 35.3. The normalized spacial score (nSPS) is 29.8. The summed E-state index contributed by atoms with van der Waals surface area (Å²) in [5.41, 5.74) is 32.0. The van der Waals surface area contributed by atoms with Crippen molar-refractivity contribution in [2.45, 2.75) is 240 Å². The monoisotopic (exact) mass is 1620 g/mol. The molecule has 114 heavy (non-hydrogen) atoms. The maximum absolute atomic E-state index is 14.6. The summed E-state index contributed by atoms with van der Waals surface area (Å²) in [4.78, 5) is 160. The van der Waals surface area contributed by atoms with Gasteiger partial charge in [0.2, 0.25) is 41.4 Å². The average molecular weight is 1630 g/mol. The summed E-state index contributed by atoms with van der Waals surface area (Å²) in [6.07, 6.45) is -1.73. The topological polar surface area (TPSA) is 528 Å². The molecule has 1 unspecified atom stereocenters. The average Bonchev–Trinajstić information content (AvgIpc) is 1.53. The van der Waals surface area contributed by atoms with Gasteiger partial charge in [0.25, 0.3) is 0 Å². The van der Waals surface area contributed by atoms with E-state index in [0.29, 0.717) is 75.1 Å². The van der Waals surface area contributed by atoms with Gasteiger partial charge < -0.3 is 88.4 Å². The Morgan fingerprint density at radius 2 is 1.45 bits per heavy atom. The molecule has 0 radical (unpaired) electrons. The summed E-state index contributed by atoms with van der Waals surface area (Å²) in [7, 11) is -5.40. The molecule has 6 aliphatic heterocycles. The SMILES string of the molecule is COC(=O)[C@H](Cc1cn(CCCNC(=O)CC[C@@H]2C3=N[C@@](C)([C@@H]4N=C(/C(C)=C5N=C(/C=C6\N/C(=C\3C)[C@@](C)(CC(N)=O)[C@@H]6CCC(N)=O)C(C)(C)[C@@H]\5CCC(N)=O)[C@](C)(CCC(=O)NC[C@@H](C)OP(=O)(O)O[C@H]3[C@@H](O)[C@@H](n5cnc6cc(C)c(C)cc65)O[C@@H]3CO)[C@H]4CC(N)=O)[C@@]2(C)CC(N)=O)cn1)NC(=O)OCC[Si](C)(C)C. The van der Waals surface area contributed by atoms with E-state index in [-0.39, 0.29) is 103 Å². The minimum atomic E-state index is -5.11. The first-order valence-electron chi connectivity index (χ1n) is 38.9. The fourth-order valence-corrected chi connectivity index (χ4v) is 19.7. The van der Waals surface area contributed by atoms with Crippen molar-refractivity contribution in [3.63, 3.8) is 0 Å². The number of carbonyl (C=O) groups excluding carboxylic acids is 9. The highest BCUT2D eigenvalue weighted by molar-refractivity contribution is 7.47. The number of aliphatic hydroxyl groups excluding tert-OH is 2. The molecule has 8 amide bonds. The zero-order valence-electron chi connectivity index (χ0n) is 68.2. The summed E-state index contributed by atoms with van der Waals surface area (Å²) in [6, 6.07) is 2.29. The number of benzene rings is 1. The van der Waals surface area contributed by atoms with Crippen LogP contribution in [0.2, 0.25) is 25.7 Å². The smallest absolute Gasteiger partial charge is 0.467 e. The molecule has 2 saturated heterocycles. The van der Waals surface area contributed by atoms with Gasteiger partial charge in [0, 0.05) is 165 Å². The maximum atomic E-state index is 14.6. The van der Waals surface area contributed by atoms with Crippen LogP contribution < -0.4 is 49.9 Å². The van der Waals surface area contributed by atoms with Crippen molar-refractivity contribution >= 4 is 97.5 Å². The zero-order chi connectivity index (χ0) is 84.3. The third kappa shape index (κ3) is 19.5. The molecular weight excluding hydrogens is 1510 g/mol. The summed E-state index contributed by atoms with van der Waals surface area (Å²) >= 11 is 0. The molecule has 0 aliphatic carbocycles. The van der Waals surface area contributed by atoms with Crippen molar-refractivity contribution in [3.8, 4) is 0 Å². The van der Waals surface area contributed by atoms with Crippen LogP contribution in [0.15, 0.2) is 80.3 Å². The number of fused-ring (bicyclic) bond motifs is 7. The number of ether oxygens (including phenoxy) is 3. The van der Waals surface area contributed by atoms with Gasteiger partial charge >= 0.3 is 19.9 Å². The van der Waals surface area contributed by atoms with Crippen LogP contribution in [0.3, 0.4) is 0 Å². The summed E-state index contributed by atoms with van der Waals surface area (Å²) in [5, 5.41) is 34.1. The first kappa shape index (κ1) is 89.1. The Labute approximate surface area is 665 Å². The Hall–Kier alpha value is -8.83. The highest BCUT2D eigenvalue weighted by atomic mass is 31.2. The summed E-state index contributed by atoms with van der Waals surface area (Å²) in [6.45, 7) is 26.5. The van der Waals surface area contributed by atoms with Gasteiger partial charge in [-0.2, -0.15) is 0 Å². The van der Waals surface area contributed by atoms with E-state index >= 15 is 0 Å². The third-order valence-electron chi connectivity index (χ3n) is 24.5. The number of primary amides is 5. The number of aryl methyl sites for hydroxylation is 3. The second-order valence-electron chi connectivity index (χ2n) is 34.3. The number of alkyl carbamates (subject to hydrolysis) is 1. The van der Waals surface area contributed by atoms with Crippen LogP contribution in [0, 0.1) is 59.2 Å². The molecule has 626 valence electrons. The van der Waals surface area contributed by atoms with Gasteiger partial charge in [-0.25, -0.2) is 24.1 Å². The molecule has 1 aromatic carbocycles. The highest BCUT2D eigenvalue weighted by Gasteiger charge is 2.66. The number of imidazole rings is 2. The molecule has 3 aromatic rings. The zero-order valence-corrected chi connectivity index (χ0v) is 70.1. The highest BCUT2D eigenvalue weighted by Crippen LogP contribution is 2.63. The molecule has 2 fully saturated rings. The molecule has 0 spiro atoms. The molecule has 8 bridgehead atoms. The lowest BCUT2D eigenvalue weighted by molar-refractivity contribution is -0.143. The number of phosphoric acid groups is 1. The molecular formula is C78H117N16O18PSi. The number of nitrogens with one attached hydrogen (secondary N) is 4. The van der Waals surface area contributed by atoms with Gasteiger partial charge in [-0.1, -0.05) is 54.3 Å². The number of nitrogens with zero attached hydrogens (tertiary/aromatic N) is 7. The van der Waals surface area contributed by atoms with Crippen molar-refractivity contribution in [1.29, 1.82) is 0 Å². The number of carbonyl (C=O) groups is 9. The number of aliphatic imine (C=N–C) groups is 3. The van der Waals surface area contributed by atoms with Gasteiger partial charge in [0.15, 0.2) is 6.23 Å². The minimum Gasteiger partial charge on any atom is -0.467 e. The van der Waals surface area contributed by atoms with E-state index < -0.39 is 164 Å². The summed E-state index contributed by atoms with van der Waals surface area (Å²) < 4.78 is 44.7. The van der Waals surface area contributed by atoms with Crippen molar-refractivity contribution in [3.05, 3.63) is 82.1 Å². The number of aliphatic hydroxyl groups is 2. The Balaban J connectivity index is 1.05. The van der Waals surface area contributed by atoms with Crippen LogP contribution in [-0.4, -0.2) is 188 Å². The lowest BCUT2D eigenvalue weighted by Crippen LogP contribution is -2.56. The Morgan fingerprint density at radius 3 is 2.08 bits per heavy atom. The predicted molar refractivity (Wildman–Crippen MR) is 426 cm³/mol. The van der Waals surface area contributed by atoms with E-state index in [0.717, 1.165) is 17.2 Å². The van der Waals surface area contributed by atoms with Gasteiger partial charge in [-0.3, -0.25) is 57.6 Å². The van der Waals surface area contributed by atoms with E-state index in [1.807, 2.05) is 87.4 Å². The fourth-order valence-electron chi connectivity index (χ4n) is 17.8. The number of phosphoric ester groups is 1. The number of hydrogen-bond acceptors (Lipinski definition) is 23. The Morgan fingerprint density at radius 1 is 0.798 bits per heavy atom. The molecule has 17 N–H and O–H groups in total. The first-order chi connectivity index (χ1) is 53.2. The van der Waals surface area contributed by atoms with E-state index in [9.17, 15) is 62.8 Å². The predicted octanol–water partition coefficient (Wildman–Crippen LogP) is 5.23. The van der Waals surface area contributed by atoms with Crippen LogP contribution in [-0.2, 0) is 79.1 Å². The van der Waals surface area contributed by atoms with Crippen LogP contribution in [0.1, 0.15) is 162 Å². The van der Waals surface area contributed by atoms with Crippen molar-refractivity contribution in [2.75, 3.05) is 33.4 Å². The number of esters is 1. The van der Waals surface area contributed by atoms with E-state index in [1.165, 1.54) is 20.4 Å². The van der Waals surface area contributed by atoms with E-state index in [4.69, 9.17) is 66.9 Å². The molecule has 36 heteroatoms. The Kier molecular flexibility index (Phi) is 27.6. The maximum Gasteiger partial charge on any atom is 0.472 e. The summed E-state index contributed by atoms with van der Waals surface area (Å²) in [5.74, 6) is -7.95. The third-order valence-corrected chi connectivity index (χ3v) is 27.3. The van der Waals surface area contributed by atoms with Crippen LogP contribution >= 0.6 is 7.82 Å². The fraction of sp³-hybridized carbons (Fsp3) is 0.641. The van der Waals surface area contributed by atoms with Crippen LogP contribution in [0.5, 0.6) is 0 Å². The second-order valence-corrected chi connectivity index (χ2v) is 41.3. The quantitative estimate of drug-likeness (QED) is 0.0152. The molecule has 6 aliphatic rings. The number of rotatable bonds is 37. The van der Waals surface area contributed by atoms with Crippen molar-refractivity contribution in [2.24, 2.45) is 89.0 Å². The number of hydrogen-bond donors (Lipinski definition) is 12. The van der Waals surface area contributed by atoms with Gasteiger partial charge in [-0.15, -0.1) is 0 Å². The molecule has 34 nitrogen and oxygen atoms in total. The molecule has 16 atom stereocenters. The number of methoxy groups -OCH3 is 1.